The van der Waals surface area contributed by atoms with Gasteiger partial charge in [-0.3, -0.25) is 4.79 Å². The van der Waals surface area contributed by atoms with Crippen molar-refractivity contribution in [2.24, 2.45) is 0 Å². The topological polar surface area (TPSA) is 58.1 Å². The molecule has 0 unspecified atom stereocenters. The van der Waals surface area contributed by atoms with Crippen LogP contribution in [0.4, 0.5) is 16.0 Å². The second-order valence-electron chi connectivity index (χ2n) is 5.74. The highest BCUT2D eigenvalue weighted by atomic mass is 19.1. The van der Waals surface area contributed by atoms with Gasteiger partial charge in [0.15, 0.2) is 0 Å². The van der Waals surface area contributed by atoms with Gasteiger partial charge in [-0.2, -0.15) is 0 Å². The molecule has 1 N–H and O–H groups in total. The minimum absolute atomic E-state index is 0.314. The normalized spacial score (nSPS) is 10.4. The Morgan fingerprint density at radius 2 is 1.81 bits per heavy atom. The van der Waals surface area contributed by atoms with Crippen LogP contribution in [-0.4, -0.2) is 22.4 Å². The summed E-state index contributed by atoms with van der Waals surface area (Å²) in [6.07, 6.45) is 2.95. The molecule has 3 rings (SSSR count). The average molecular weight is 350 g/mol. The number of halogens is 1. The van der Waals surface area contributed by atoms with Gasteiger partial charge in [0, 0.05) is 31.2 Å². The zero-order chi connectivity index (χ0) is 18.4. The number of nitrogens with one attached hydrogen (secondary N) is 1. The zero-order valence-corrected chi connectivity index (χ0v) is 14.4. The third-order valence-electron chi connectivity index (χ3n) is 3.86. The van der Waals surface area contributed by atoms with Crippen molar-refractivity contribution in [3.05, 3.63) is 83.9 Å². The van der Waals surface area contributed by atoms with Gasteiger partial charge in [-0.25, -0.2) is 14.4 Å². The van der Waals surface area contributed by atoms with Crippen LogP contribution in [0.3, 0.4) is 0 Å². The summed E-state index contributed by atoms with van der Waals surface area (Å²) in [7, 11) is 0. The predicted octanol–water partition coefficient (Wildman–Crippen LogP) is 3.89. The fourth-order valence-electron chi connectivity index (χ4n) is 2.50. The summed E-state index contributed by atoms with van der Waals surface area (Å²) < 4.78 is 13.2. The number of carbonyl (C=O) groups is 1. The van der Waals surface area contributed by atoms with E-state index >= 15 is 0 Å². The van der Waals surface area contributed by atoms with Crippen molar-refractivity contribution in [3.8, 4) is 0 Å². The lowest BCUT2D eigenvalue weighted by Crippen LogP contribution is -2.24. The second-order valence-corrected chi connectivity index (χ2v) is 5.74. The monoisotopic (exact) mass is 350 g/mol. The first-order valence-corrected chi connectivity index (χ1v) is 8.33. The minimum atomic E-state index is -0.408. The number of carbonyl (C=O) groups excluding carboxylic acids is 1. The molecule has 1 aromatic heterocycles. The van der Waals surface area contributed by atoms with Crippen LogP contribution in [0.5, 0.6) is 0 Å². The smallest absolute Gasteiger partial charge is 0.258 e. The molecule has 0 spiro atoms. The highest BCUT2D eigenvalue weighted by Gasteiger charge is 2.12. The third kappa shape index (κ3) is 4.42. The van der Waals surface area contributed by atoms with Gasteiger partial charge < -0.3 is 10.2 Å². The molecule has 5 nitrogen and oxygen atoms in total. The van der Waals surface area contributed by atoms with Gasteiger partial charge in [-0.15, -0.1) is 0 Å². The van der Waals surface area contributed by atoms with Crippen LogP contribution < -0.4 is 10.2 Å². The van der Waals surface area contributed by atoms with Crippen LogP contribution in [0, 0.1) is 5.82 Å². The van der Waals surface area contributed by atoms with Crippen LogP contribution in [-0.2, 0) is 6.54 Å². The lowest BCUT2D eigenvalue weighted by Gasteiger charge is -2.20. The first kappa shape index (κ1) is 17.5. The fraction of sp³-hybridized carbons (Fsp3) is 0.150. The van der Waals surface area contributed by atoms with E-state index in [1.807, 2.05) is 42.2 Å². The molecule has 0 saturated carbocycles. The molecule has 0 radical (unpaired) electrons. The van der Waals surface area contributed by atoms with E-state index in [4.69, 9.17) is 0 Å². The van der Waals surface area contributed by atoms with E-state index in [1.165, 1.54) is 30.6 Å². The lowest BCUT2D eigenvalue weighted by atomic mass is 10.2. The predicted molar refractivity (Wildman–Crippen MR) is 99.6 cm³/mol. The van der Waals surface area contributed by atoms with E-state index in [0.29, 0.717) is 23.7 Å². The molecule has 3 aromatic rings. The van der Waals surface area contributed by atoms with Crippen LogP contribution in [0.1, 0.15) is 22.8 Å². The molecule has 2 aromatic carbocycles. The standard InChI is InChI=1S/C20H19FN4O/c1-2-25(14-15-7-4-3-5-8-15)20-22-12-16(13-23-20)19(26)24-18-10-6-9-17(21)11-18/h3-13H,2,14H2,1H3,(H,24,26). The van der Waals surface area contributed by atoms with E-state index in [9.17, 15) is 9.18 Å². The molecule has 0 bridgehead atoms. The maximum Gasteiger partial charge on any atom is 0.258 e. The Kier molecular flexibility index (Phi) is 5.53. The third-order valence-corrected chi connectivity index (χ3v) is 3.86. The van der Waals surface area contributed by atoms with E-state index in [1.54, 1.807) is 6.07 Å². The summed E-state index contributed by atoms with van der Waals surface area (Å²) in [6, 6.07) is 15.8. The molecular weight excluding hydrogens is 331 g/mol. The molecular formula is C20H19FN4O. The second kappa shape index (κ2) is 8.20. The van der Waals surface area contributed by atoms with E-state index in [2.05, 4.69) is 15.3 Å². The summed E-state index contributed by atoms with van der Waals surface area (Å²) in [6.45, 7) is 3.45. The van der Waals surface area contributed by atoms with Gasteiger partial charge in [0.25, 0.3) is 5.91 Å². The number of hydrogen-bond acceptors (Lipinski definition) is 4. The van der Waals surface area contributed by atoms with Gasteiger partial charge >= 0.3 is 0 Å². The molecule has 1 heterocycles. The Morgan fingerprint density at radius 1 is 1.08 bits per heavy atom. The summed E-state index contributed by atoms with van der Waals surface area (Å²) >= 11 is 0. The first-order valence-electron chi connectivity index (χ1n) is 8.33. The Hall–Kier alpha value is -3.28. The summed E-state index contributed by atoms with van der Waals surface area (Å²) in [5, 5.41) is 2.63. The highest BCUT2D eigenvalue weighted by Crippen LogP contribution is 2.14. The zero-order valence-electron chi connectivity index (χ0n) is 14.4. The number of rotatable bonds is 6. The molecule has 26 heavy (non-hydrogen) atoms. The maximum absolute atomic E-state index is 13.2. The number of benzene rings is 2. The van der Waals surface area contributed by atoms with E-state index in [0.717, 1.165) is 12.1 Å². The number of amides is 1. The Morgan fingerprint density at radius 3 is 2.46 bits per heavy atom. The maximum atomic E-state index is 13.2. The van der Waals surface area contributed by atoms with Crippen LogP contribution in [0.2, 0.25) is 0 Å². The summed E-state index contributed by atoms with van der Waals surface area (Å²) in [5.74, 6) is -0.235. The van der Waals surface area contributed by atoms with Crippen LogP contribution in [0.25, 0.3) is 0 Å². The van der Waals surface area contributed by atoms with Gasteiger partial charge in [-0.1, -0.05) is 36.4 Å². The number of aromatic nitrogens is 2. The van der Waals surface area contributed by atoms with Crippen molar-refractivity contribution in [3.63, 3.8) is 0 Å². The largest absolute Gasteiger partial charge is 0.337 e. The molecule has 6 heteroatoms. The SMILES string of the molecule is CCN(Cc1ccccc1)c1ncc(C(=O)Nc2cccc(F)c2)cn1. The van der Waals surface area contributed by atoms with Crippen molar-refractivity contribution in [2.75, 3.05) is 16.8 Å². The van der Waals surface area contributed by atoms with Crippen LogP contribution >= 0.6 is 0 Å². The molecule has 0 aliphatic rings. The molecule has 0 atom stereocenters. The summed E-state index contributed by atoms with van der Waals surface area (Å²) in [4.78, 5) is 22.9. The fourth-order valence-corrected chi connectivity index (χ4v) is 2.50. The molecule has 132 valence electrons. The first-order chi connectivity index (χ1) is 12.7. The molecule has 0 saturated heterocycles. The molecule has 0 aliphatic heterocycles. The number of anilines is 2. The van der Waals surface area contributed by atoms with Gasteiger partial charge in [0.2, 0.25) is 5.95 Å². The van der Waals surface area contributed by atoms with Gasteiger partial charge in [-0.05, 0) is 30.7 Å². The average Bonchev–Trinajstić information content (AvgIpc) is 2.67. The van der Waals surface area contributed by atoms with Crippen molar-refractivity contribution < 1.29 is 9.18 Å². The van der Waals surface area contributed by atoms with Gasteiger partial charge in [0.1, 0.15) is 5.82 Å². The van der Waals surface area contributed by atoms with Crippen molar-refractivity contribution in [1.29, 1.82) is 0 Å². The van der Waals surface area contributed by atoms with Crippen molar-refractivity contribution in [1.82, 2.24) is 9.97 Å². The number of nitrogens with zero attached hydrogens (tertiary/aromatic N) is 3. The molecule has 0 fully saturated rings. The quantitative estimate of drug-likeness (QED) is 0.733. The molecule has 0 aliphatic carbocycles. The van der Waals surface area contributed by atoms with Crippen molar-refractivity contribution >= 4 is 17.5 Å². The number of hydrogen-bond donors (Lipinski definition) is 1. The van der Waals surface area contributed by atoms with Crippen LogP contribution in [0.15, 0.2) is 67.0 Å². The van der Waals surface area contributed by atoms with E-state index < -0.39 is 5.82 Å². The van der Waals surface area contributed by atoms with E-state index in [-0.39, 0.29) is 5.91 Å². The highest BCUT2D eigenvalue weighted by molar-refractivity contribution is 6.03. The minimum Gasteiger partial charge on any atom is -0.337 e. The summed E-state index contributed by atoms with van der Waals surface area (Å²) in [5.41, 5.74) is 1.86. The lowest BCUT2D eigenvalue weighted by molar-refractivity contribution is 0.102. The molecule has 1 amide bonds. The Balaban J connectivity index is 1.69. The Labute approximate surface area is 151 Å². The van der Waals surface area contributed by atoms with Gasteiger partial charge in [0.05, 0.1) is 5.56 Å². The Bertz CT molecular complexity index is 868. The van der Waals surface area contributed by atoms with Crippen molar-refractivity contribution in [2.45, 2.75) is 13.5 Å².